The Labute approximate surface area is 163 Å². The van der Waals surface area contributed by atoms with Crippen molar-refractivity contribution in [3.05, 3.63) is 35.6 Å². The van der Waals surface area contributed by atoms with Gasteiger partial charge in [-0.15, -0.1) is 0 Å². The molecule has 0 radical (unpaired) electrons. The first-order valence-corrected chi connectivity index (χ1v) is 11.3. The van der Waals surface area contributed by atoms with Crippen LogP contribution in [0.2, 0.25) is 0 Å². The molecule has 0 aliphatic carbocycles. The Bertz CT molecular complexity index is 873. The zero-order valence-electron chi connectivity index (χ0n) is 15.4. The molecule has 152 valence electrons. The summed E-state index contributed by atoms with van der Waals surface area (Å²) in [6.07, 6.45) is 0.235. The number of rotatable bonds is 3. The van der Waals surface area contributed by atoms with E-state index >= 15 is 0 Å². The Hall–Kier alpha value is -2.00. The first-order chi connectivity index (χ1) is 13.3. The van der Waals surface area contributed by atoms with Gasteiger partial charge in [0.15, 0.2) is 9.84 Å². The van der Waals surface area contributed by atoms with Crippen LogP contribution >= 0.6 is 0 Å². The molecule has 0 saturated carbocycles. The van der Waals surface area contributed by atoms with E-state index in [9.17, 15) is 22.4 Å². The second-order valence-electron chi connectivity index (χ2n) is 7.70. The highest BCUT2D eigenvalue weighted by Crippen LogP contribution is 2.29. The monoisotopic (exact) mass is 410 g/mol. The quantitative estimate of drug-likeness (QED) is 0.735. The van der Waals surface area contributed by atoms with E-state index in [0.29, 0.717) is 26.1 Å². The number of morpholine rings is 1. The summed E-state index contributed by atoms with van der Waals surface area (Å²) in [7, 11) is -3.09. The minimum Gasteiger partial charge on any atom is -0.370 e. The molecule has 0 aromatic heterocycles. The van der Waals surface area contributed by atoms with Crippen molar-refractivity contribution < 1.29 is 27.1 Å². The number of sulfone groups is 1. The predicted octanol–water partition coefficient (Wildman–Crippen LogP) is 0.761. The highest BCUT2D eigenvalue weighted by molar-refractivity contribution is 7.91. The summed E-state index contributed by atoms with van der Waals surface area (Å²) in [4.78, 5) is 28.6. The molecule has 1 aromatic carbocycles. The average Bonchev–Trinajstić information content (AvgIpc) is 3.23. The van der Waals surface area contributed by atoms with Gasteiger partial charge in [-0.05, 0) is 24.1 Å². The molecule has 0 N–H and O–H groups in total. The lowest BCUT2D eigenvalue weighted by molar-refractivity contribution is -0.143. The minimum absolute atomic E-state index is 0.0101. The van der Waals surface area contributed by atoms with Crippen LogP contribution < -0.4 is 0 Å². The molecule has 3 saturated heterocycles. The maximum atomic E-state index is 13.1. The number of ether oxygens (including phenoxy) is 1. The first kappa shape index (κ1) is 19.3. The number of halogens is 1. The molecule has 3 atom stereocenters. The molecule has 2 amide bonds. The van der Waals surface area contributed by atoms with Crippen LogP contribution in [-0.2, 0) is 24.2 Å². The number of hydrogen-bond donors (Lipinski definition) is 0. The SMILES string of the molecule is O=C([C@@H]1CC(=O)N([C@@H]2CCS(=O)(=O)C2)C1)N1CCO[C@H](c2ccc(F)cc2)C1. The van der Waals surface area contributed by atoms with E-state index in [4.69, 9.17) is 4.74 Å². The van der Waals surface area contributed by atoms with Crippen LogP contribution in [0.15, 0.2) is 24.3 Å². The smallest absolute Gasteiger partial charge is 0.228 e. The van der Waals surface area contributed by atoms with Crippen LogP contribution in [0.4, 0.5) is 4.39 Å². The molecule has 3 aliphatic heterocycles. The Kier molecular flexibility index (Phi) is 5.13. The zero-order valence-corrected chi connectivity index (χ0v) is 16.2. The Morgan fingerprint density at radius 3 is 2.61 bits per heavy atom. The second-order valence-corrected chi connectivity index (χ2v) is 9.93. The molecule has 28 heavy (non-hydrogen) atoms. The second kappa shape index (κ2) is 7.44. The Morgan fingerprint density at radius 2 is 1.93 bits per heavy atom. The molecule has 3 aliphatic rings. The van der Waals surface area contributed by atoms with Gasteiger partial charge in [-0.1, -0.05) is 12.1 Å². The minimum atomic E-state index is -3.09. The van der Waals surface area contributed by atoms with Crippen LogP contribution in [0.5, 0.6) is 0 Å². The lowest BCUT2D eigenvalue weighted by Crippen LogP contribution is -2.46. The largest absolute Gasteiger partial charge is 0.370 e. The topological polar surface area (TPSA) is 84.0 Å². The van der Waals surface area contributed by atoms with Gasteiger partial charge in [0.25, 0.3) is 0 Å². The van der Waals surface area contributed by atoms with E-state index in [1.807, 2.05) is 0 Å². The number of benzene rings is 1. The average molecular weight is 410 g/mol. The van der Waals surface area contributed by atoms with Gasteiger partial charge in [-0.2, -0.15) is 0 Å². The van der Waals surface area contributed by atoms with E-state index < -0.39 is 15.8 Å². The Morgan fingerprint density at radius 1 is 1.18 bits per heavy atom. The van der Waals surface area contributed by atoms with E-state index in [1.54, 1.807) is 21.9 Å². The van der Waals surface area contributed by atoms with Crippen molar-refractivity contribution in [3.8, 4) is 0 Å². The summed E-state index contributed by atoms with van der Waals surface area (Å²) in [5, 5.41) is 0. The highest BCUT2D eigenvalue weighted by atomic mass is 32.2. The molecular formula is C19H23FN2O5S. The molecule has 1 aromatic rings. The van der Waals surface area contributed by atoms with Crippen molar-refractivity contribution in [1.29, 1.82) is 0 Å². The summed E-state index contributed by atoms with van der Waals surface area (Å²) < 4.78 is 42.3. The molecule has 0 bridgehead atoms. The van der Waals surface area contributed by atoms with Crippen molar-refractivity contribution in [3.63, 3.8) is 0 Å². The molecule has 0 spiro atoms. The summed E-state index contributed by atoms with van der Waals surface area (Å²) in [6.45, 7) is 1.45. The predicted molar refractivity (Wildman–Crippen MR) is 98.6 cm³/mol. The summed E-state index contributed by atoms with van der Waals surface area (Å²) in [5.74, 6) is -0.947. The third kappa shape index (κ3) is 3.91. The lowest BCUT2D eigenvalue weighted by Gasteiger charge is -2.34. The van der Waals surface area contributed by atoms with Gasteiger partial charge in [0, 0.05) is 25.6 Å². The van der Waals surface area contributed by atoms with Gasteiger partial charge in [0.2, 0.25) is 11.8 Å². The van der Waals surface area contributed by atoms with Crippen LogP contribution in [0.25, 0.3) is 0 Å². The van der Waals surface area contributed by atoms with Gasteiger partial charge in [0.05, 0.1) is 30.6 Å². The highest BCUT2D eigenvalue weighted by Gasteiger charge is 2.43. The van der Waals surface area contributed by atoms with Crippen molar-refractivity contribution in [1.82, 2.24) is 9.80 Å². The molecule has 9 heteroatoms. The maximum Gasteiger partial charge on any atom is 0.228 e. The van der Waals surface area contributed by atoms with Gasteiger partial charge < -0.3 is 14.5 Å². The molecule has 3 heterocycles. The number of hydrogen-bond acceptors (Lipinski definition) is 5. The standard InChI is InChI=1S/C19H23FN2O5S/c20-15-3-1-13(2-4-15)17-11-21(6-7-27-17)19(24)14-9-18(23)22(10-14)16-5-8-28(25,26)12-16/h1-4,14,16-17H,5-12H2/t14-,16-,17+/m1/s1. The lowest BCUT2D eigenvalue weighted by atomic mass is 10.0. The van der Waals surface area contributed by atoms with Gasteiger partial charge in [-0.3, -0.25) is 9.59 Å². The van der Waals surface area contributed by atoms with E-state index in [1.165, 1.54) is 12.1 Å². The molecule has 7 nitrogen and oxygen atoms in total. The number of likely N-dealkylation sites (tertiary alicyclic amines) is 1. The van der Waals surface area contributed by atoms with Crippen molar-refractivity contribution in [2.24, 2.45) is 5.92 Å². The third-order valence-corrected chi connectivity index (χ3v) is 7.53. The number of carbonyl (C=O) groups excluding carboxylic acids is 2. The van der Waals surface area contributed by atoms with Crippen LogP contribution in [0.3, 0.4) is 0 Å². The first-order valence-electron chi connectivity index (χ1n) is 9.48. The molecule has 0 unspecified atom stereocenters. The number of carbonyl (C=O) groups is 2. The molecule has 4 rings (SSSR count). The summed E-state index contributed by atoms with van der Waals surface area (Å²) in [6, 6.07) is 5.71. The van der Waals surface area contributed by atoms with Crippen molar-refractivity contribution in [2.45, 2.75) is 25.0 Å². The Balaban J connectivity index is 1.40. The normalized spacial score (nSPS) is 30.0. The van der Waals surface area contributed by atoms with Gasteiger partial charge >= 0.3 is 0 Å². The summed E-state index contributed by atoms with van der Waals surface area (Å²) in [5.41, 5.74) is 0.805. The van der Waals surface area contributed by atoms with Gasteiger partial charge in [-0.25, -0.2) is 12.8 Å². The molecular weight excluding hydrogens is 387 g/mol. The fourth-order valence-electron chi connectivity index (χ4n) is 4.26. The van der Waals surface area contributed by atoms with E-state index in [-0.39, 0.29) is 54.2 Å². The number of amides is 2. The van der Waals surface area contributed by atoms with E-state index in [2.05, 4.69) is 0 Å². The summed E-state index contributed by atoms with van der Waals surface area (Å²) >= 11 is 0. The van der Waals surface area contributed by atoms with Crippen molar-refractivity contribution >= 4 is 21.7 Å². The van der Waals surface area contributed by atoms with Crippen LogP contribution in [-0.4, -0.2) is 73.8 Å². The zero-order chi connectivity index (χ0) is 19.9. The fraction of sp³-hybridized carbons (Fsp3) is 0.579. The fourth-order valence-corrected chi connectivity index (χ4v) is 5.99. The maximum absolute atomic E-state index is 13.1. The third-order valence-electron chi connectivity index (χ3n) is 5.78. The molecule has 3 fully saturated rings. The van der Waals surface area contributed by atoms with Crippen LogP contribution in [0.1, 0.15) is 24.5 Å². The van der Waals surface area contributed by atoms with Gasteiger partial charge in [0.1, 0.15) is 11.9 Å². The van der Waals surface area contributed by atoms with E-state index in [0.717, 1.165) is 5.56 Å². The van der Waals surface area contributed by atoms with Crippen LogP contribution in [0, 0.1) is 11.7 Å². The number of nitrogens with zero attached hydrogens (tertiary/aromatic N) is 2. The van der Waals surface area contributed by atoms with Crippen molar-refractivity contribution in [2.75, 3.05) is 37.7 Å².